The number of hydrogen-bond donors (Lipinski definition) is 2. The van der Waals surface area contributed by atoms with Crippen LogP contribution < -0.4 is 11.5 Å². The third-order valence-corrected chi connectivity index (χ3v) is 3.81. The van der Waals surface area contributed by atoms with Crippen LogP contribution in [0.25, 0.3) is 11.0 Å². The topological polar surface area (TPSA) is 99.8 Å². The molecule has 0 unspecified atom stereocenters. The predicted molar refractivity (Wildman–Crippen MR) is 89.7 cm³/mol. The maximum absolute atomic E-state index is 10.6. The maximum atomic E-state index is 10.6. The Labute approximate surface area is 132 Å². The van der Waals surface area contributed by atoms with Crippen LogP contribution >= 0.6 is 11.8 Å². The third-order valence-electron chi connectivity index (χ3n) is 3.07. The smallest absolute Gasteiger partial charge is 0.248 e. The molecule has 0 aliphatic rings. The summed E-state index contributed by atoms with van der Waals surface area (Å²) < 4.78 is 1.91. The summed E-state index contributed by atoms with van der Waals surface area (Å²) in [7, 11) is 1.93. The van der Waals surface area contributed by atoms with E-state index in [1.807, 2.05) is 42.3 Å². The molecule has 2 heterocycles. The van der Waals surface area contributed by atoms with Gasteiger partial charge in [0, 0.05) is 23.7 Å². The number of benzene rings is 1. The van der Waals surface area contributed by atoms with Gasteiger partial charge >= 0.3 is 0 Å². The molecule has 0 spiro atoms. The van der Waals surface area contributed by atoms with Gasteiger partial charge in [0.25, 0.3) is 0 Å². The molecule has 0 saturated carbocycles. The van der Waals surface area contributed by atoms with Crippen molar-refractivity contribution in [1.82, 2.24) is 14.5 Å². The Morgan fingerprint density at radius 1 is 1.18 bits per heavy atom. The molecule has 0 saturated heterocycles. The van der Waals surface area contributed by atoms with Gasteiger partial charge in [-0.25, -0.2) is 9.97 Å². The van der Waals surface area contributed by atoms with E-state index < -0.39 is 0 Å². The molecule has 2 aromatic heterocycles. The van der Waals surface area contributed by atoms with E-state index in [1.165, 1.54) is 6.33 Å². The third kappa shape index (κ3) is 3.56. The fourth-order valence-corrected chi connectivity index (χ4v) is 2.26. The minimum Gasteiger partial charge on any atom is -0.383 e. The fourth-order valence-electron chi connectivity index (χ4n) is 1.85. The van der Waals surface area contributed by atoms with Gasteiger partial charge < -0.3 is 16.0 Å². The van der Waals surface area contributed by atoms with Gasteiger partial charge in [0.05, 0.1) is 5.39 Å². The van der Waals surface area contributed by atoms with E-state index in [9.17, 15) is 4.79 Å². The van der Waals surface area contributed by atoms with Crippen molar-refractivity contribution in [2.45, 2.75) is 4.90 Å². The number of hydrogen-bond acceptors (Lipinski definition) is 5. The first-order valence-electron chi connectivity index (χ1n) is 6.48. The number of rotatable bonds is 2. The molecule has 114 valence electrons. The molecular formula is C15H17N5OS. The van der Waals surface area contributed by atoms with E-state index in [2.05, 4.69) is 9.97 Å². The lowest BCUT2D eigenvalue weighted by atomic mass is 10.2. The number of aryl methyl sites for hydroxylation is 1. The molecular weight excluding hydrogens is 298 g/mol. The Kier molecular flexibility index (Phi) is 5.00. The first-order valence-corrected chi connectivity index (χ1v) is 7.70. The first kappa shape index (κ1) is 15.8. The second kappa shape index (κ2) is 6.95. The summed E-state index contributed by atoms with van der Waals surface area (Å²) in [5.41, 5.74) is 12.1. The Hall–Kier alpha value is -2.54. The Morgan fingerprint density at radius 3 is 2.41 bits per heavy atom. The summed E-state index contributed by atoms with van der Waals surface area (Å²) >= 11 is 1.64. The number of anilines is 1. The summed E-state index contributed by atoms with van der Waals surface area (Å²) in [5.74, 6) is 0.160. The largest absolute Gasteiger partial charge is 0.383 e. The van der Waals surface area contributed by atoms with E-state index in [0.29, 0.717) is 11.4 Å². The number of nitrogens with two attached hydrogens (primary N) is 2. The van der Waals surface area contributed by atoms with E-state index in [0.717, 1.165) is 15.9 Å². The van der Waals surface area contributed by atoms with Crippen LogP contribution in [0.15, 0.2) is 47.8 Å². The lowest BCUT2D eigenvalue weighted by molar-refractivity contribution is 0.1000. The number of nitrogen functional groups attached to an aromatic ring is 1. The van der Waals surface area contributed by atoms with Crippen molar-refractivity contribution < 1.29 is 4.79 Å². The normalized spacial score (nSPS) is 10.1. The van der Waals surface area contributed by atoms with E-state index in [4.69, 9.17) is 11.5 Å². The van der Waals surface area contributed by atoms with Gasteiger partial charge in [-0.1, -0.05) is 0 Å². The standard InChI is InChI=1S/C8H9NOS.C7H8N4/c1-11-7-4-2-6(3-5-7)8(9)10;1-11-3-2-5-6(8)9-4-10-7(5)11/h2-5H,1H3,(H2,9,10);2-4H,1H3,(H2,8,9,10). The van der Waals surface area contributed by atoms with Crippen LogP contribution in [-0.4, -0.2) is 26.7 Å². The number of carbonyl (C=O) groups excluding carboxylic acids is 1. The second-order valence-corrected chi connectivity index (χ2v) is 5.40. The summed E-state index contributed by atoms with van der Waals surface area (Å²) in [4.78, 5) is 19.7. The Balaban J connectivity index is 0.000000160. The van der Waals surface area contributed by atoms with Gasteiger partial charge in [0.1, 0.15) is 17.8 Å². The molecule has 0 aliphatic carbocycles. The van der Waals surface area contributed by atoms with Crippen LogP contribution in [0.5, 0.6) is 0 Å². The quantitative estimate of drug-likeness (QED) is 0.705. The number of primary amides is 1. The van der Waals surface area contributed by atoms with E-state index >= 15 is 0 Å². The van der Waals surface area contributed by atoms with Crippen LogP contribution in [0, 0.1) is 0 Å². The molecule has 0 fully saturated rings. The minimum absolute atomic E-state index is 0.377. The van der Waals surface area contributed by atoms with Crippen molar-refractivity contribution in [2.24, 2.45) is 12.8 Å². The molecule has 1 amide bonds. The lowest BCUT2D eigenvalue weighted by Gasteiger charge is -1.96. The van der Waals surface area contributed by atoms with Crippen molar-refractivity contribution in [3.8, 4) is 0 Å². The second-order valence-electron chi connectivity index (χ2n) is 4.52. The number of amides is 1. The van der Waals surface area contributed by atoms with Crippen molar-refractivity contribution in [3.63, 3.8) is 0 Å². The molecule has 3 rings (SSSR count). The molecule has 4 N–H and O–H groups in total. The number of aromatic nitrogens is 3. The highest BCUT2D eigenvalue weighted by molar-refractivity contribution is 7.98. The first-order chi connectivity index (χ1) is 10.5. The Bertz CT molecular complexity index is 782. The van der Waals surface area contributed by atoms with E-state index in [-0.39, 0.29) is 5.91 Å². The average molecular weight is 315 g/mol. The molecule has 0 atom stereocenters. The average Bonchev–Trinajstić information content (AvgIpc) is 2.91. The zero-order valence-corrected chi connectivity index (χ0v) is 13.2. The highest BCUT2D eigenvalue weighted by atomic mass is 32.2. The highest BCUT2D eigenvalue weighted by Gasteiger charge is 2.01. The van der Waals surface area contributed by atoms with Crippen molar-refractivity contribution >= 4 is 34.5 Å². The van der Waals surface area contributed by atoms with E-state index in [1.54, 1.807) is 23.9 Å². The summed E-state index contributed by atoms with van der Waals surface area (Å²) in [6.45, 7) is 0. The van der Waals surface area contributed by atoms with Crippen LogP contribution in [-0.2, 0) is 7.05 Å². The SMILES string of the molecule is CSc1ccc(C(N)=O)cc1.Cn1ccc2c(N)ncnc21. The summed E-state index contributed by atoms with van der Waals surface area (Å²) in [5, 5.41) is 0.912. The number of carbonyl (C=O) groups is 1. The number of fused-ring (bicyclic) bond motifs is 1. The van der Waals surface area contributed by atoms with Gasteiger partial charge in [-0.15, -0.1) is 11.8 Å². The predicted octanol–water partition coefficient (Wildman–Crippen LogP) is 2.06. The van der Waals surface area contributed by atoms with Crippen LogP contribution in [0.2, 0.25) is 0 Å². The highest BCUT2D eigenvalue weighted by Crippen LogP contribution is 2.15. The molecule has 1 aromatic carbocycles. The summed E-state index contributed by atoms with van der Waals surface area (Å²) in [6, 6.07) is 9.13. The molecule has 0 aliphatic heterocycles. The molecule has 22 heavy (non-hydrogen) atoms. The monoisotopic (exact) mass is 315 g/mol. The molecule has 7 heteroatoms. The number of nitrogens with zero attached hydrogens (tertiary/aromatic N) is 3. The molecule has 0 bridgehead atoms. The zero-order chi connectivity index (χ0) is 16.1. The van der Waals surface area contributed by atoms with Crippen molar-refractivity contribution in [2.75, 3.05) is 12.0 Å². The Morgan fingerprint density at radius 2 is 1.86 bits per heavy atom. The zero-order valence-electron chi connectivity index (χ0n) is 12.4. The van der Waals surface area contributed by atoms with Gasteiger partial charge in [0.15, 0.2) is 0 Å². The van der Waals surface area contributed by atoms with Crippen molar-refractivity contribution in [1.29, 1.82) is 0 Å². The molecule has 6 nitrogen and oxygen atoms in total. The van der Waals surface area contributed by atoms with Crippen molar-refractivity contribution in [3.05, 3.63) is 48.4 Å². The van der Waals surface area contributed by atoms with Gasteiger partial charge in [-0.05, 0) is 36.6 Å². The fraction of sp³-hybridized carbons (Fsp3) is 0.133. The molecule has 3 aromatic rings. The van der Waals surface area contributed by atoms with Crippen LogP contribution in [0.3, 0.4) is 0 Å². The number of thioether (sulfide) groups is 1. The van der Waals surface area contributed by atoms with Gasteiger partial charge in [-0.2, -0.15) is 0 Å². The van der Waals surface area contributed by atoms with Crippen LogP contribution in [0.4, 0.5) is 5.82 Å². The van der Waals surface area contributed by atoms with Gasteiger partial charge in [0.2, 0.25) is 5.91 Å². The van der Waals surface area contributed by atoms with Gasteiger partial charge in [-0.3, -0.25) is 4.79 Å². The maximum Gasteiger partial charge on any atom is 0.248 e. The van der Waals surface area contributed by atoms with Crippen LogP contribution in [0.1, 0.15) is 10.4 Å². The summed E-state index contributed by atoms with van der Waals surface area (Å²) in [6.07, 6.45) is 5.37. The minimum atomic E-state index is -0.377. The molecule has 0 radical (unpaired) electrons. The lowest BCUT2D eigenvalue weighted by Crippen LogP contribution is -2.10.